The van der Waals surface area contributed by atoms with E-state index in [1.165, 1.54) is 6.07 Å². The van der Waals surface area contributed by atoms with E-state index < -0.39 is 5.82 Å². The first-order valence-corrected chi connectivity index (χ1v) is 6.63. The molecule has 102 valence electrons. The van der Waals surface area contributed by atoms with Gasteiger partial charge in [0.1, 0.15) is 5.82 Å². The van der Waals surface area contributed by atoms with Crippen molar-refractivity contribution in [3.63, 3.8) is 0 Å². The highest BCUT2D eigenvalue weighted by atomic mass is 19.1. The average Bonchev–Trinajstić information content (AvgIpc) is 2.46. The average molecular weight is 268 g/mol. The van der Waals surface area contributed by atoms with Crippen LogP contribution in [-0.4, -0.2) is 0 Å². The molecule has 1 unspecified atom stereocenters. The van der Waals surface area contributed by atoms with Gasteiger partial charge in [0.25, 0.3) is 0 Å². The van der Waals surface area contributed by atoms with Crippen LogP contribution in [0.25, 0.3) is 0 Å². The first-order chi connectivity index (χ1) is 9.61. The number of rotatable bonds is 4. The Morgan fingerprint density at radius 3 is 2.35 bits per heavy atom. The number of anilines is 1. The van der Waals surface area contributed by atoms with E-state index in [-0.39, 0.29) is 6.04 Å². The molecule has 2 aromatic rings. The van der Waals surface area contributed by atoms with Crippen molar-refractivity contribution in [3.8, 4) is 6.07 Å². The highest BCUT2D eigenvalue weighted by Gasteiger charge is 2.17. The minimum atomic E-state index is -0.398. The molecular weight excluding hydrogens is 251 g/mol. The quantitative estimate of drug-likeness (QED) is 0.885. The predicted molar refractivity (Wildman–Crippen MR) is 78.8 cm³/mol. The second kappa shape index (κ2) is 6.21. The van der Waals surface area contributed by atoms with Crippen molar-refractivity contribution < 1.29 is 4.39 Å². The summed E-state index contributed by atoms with van der Waals surface area (Å²) in [7, 11) is 0. The van der Waals surface area contributed by atoms with Crippen LogP contribution in [0.3, 0.4) is 0 Å². The highest BCUT2D eigenvalue weighted by Crippen LogP contribution is 2.28. The van der Waals surface area contributed by atoms with Crippen LogP contribution >= 0.6 is 0 Å². The molecule has 2 nitrogen and oxygen atoms in total. The molecule has 20 heavy (non-hydrogen) atoms. The Hall–Kier alpha value is -2.34. The zero-order valence-corrected chi connectivity index (χ0v) is 11.6. The van der Waals surface area contributed by atoms with Gasteiger partial charge < -0.3 is 5.32 Å². The molecule has 3 heteroatoms. The van der Waals surface area contributed by atoms with Crippen LogP contribution in [0.4, 0.5) is 10.1 Å². The normalized spacial score (nSPS) is 11.9. The lowest BCUT2D eigenvalue weighted by molar-refractivity contribution is 0.540. The molecule has 0 amide bonds. The summed E-state index contributed by atoms with van der Waals surface area (Å²) in [6, 6.07) is 16.4. The van der Waals surface area contributed by atoms with Crippen molar-refractivity contribution in [3.05, 3.63) is 65.5 Å². The summed E-state index contributed by atoms with van der Waals surface area (Å²) >= 11 is 0. The van der Waals surface area contributed by atoms with Crippen LogP contribution in [0.1, 0.15) is 31.0 Å². The van der Waals surface area contributed by atoms with Crippen molar-refractivity contribution in [2.24, 2.45) is 5.92 Å². The smallest absolute Gasteiger partial charge is 0.147 e. The molecular formula is C17H17FN2. The van der Waals surface area contributed by atoms with Crippen LogP contribution in [-0.2, 0) is 0 Å². The Bertz CT molecular complexity index is 615. The molecule has 0 fully saturated rings. The summed E-state index contributed by atoms with van der Waals surface area (Å²) in [5, 5.41) is 12.0. The van der Waals surface area contributed by atoms with Crippen LogP contribution < -0.4 is 5.32 Å². The molecule has 0 saturated carbocycles. The molecule has 0 aliphatic carbocycles. The third kappa shape index (κ3) is 3.16. The fourth-order valence-corrected chi connectivity index (χ4v) is 2.16. The lowest BCUT2D eigenvalue weighted by Crippen LogP contribution is -2.17. The first-order valence-electron chi connectivity index (χ1n) is 6.63. The van der Waals surface area contributed by atoms with E-state index in [4.69, 9.17) is 5.26 Å². The minimum absolute atomic E-state index is 0.0265. The molecule has 0 aromatic heterocycles. The van der Waals surface area contributed by atoms with Crippen molar-refractivity contribution >= 4 is 5.69 Å². The fourth-order valence-electron chi connectivity index (χ4n) is 2.16. The first kappa shape index (κ1) is 14.1. The van der Waals surface area contributed by atoms with E-state index in [2.05, 4.69) is 19.2 Å². The molecule has 2 rings (SSSR count). The van der Waals surface area contributed by atoms with E-state index in [9.17, 15) is 4.39 Å². The van der Waals surface area contributed by atoms with Gasteiger partial charge in [-0.3, -0.25) is 0 Å². The lowest BCUT2D eigenvalue weighted by Gasteiger charge is -2.24. The fraction of sp³-hybridized carbons (Fsp3) is 0.235. The maximum Gasteiger partial charge on any atom is 0.147 e. The Morgan fingerprint density at radius 1 is 1.10 bits per heavy atom. The maximum atomic E-state index is 14.0. The van der Waals surface area contributed by atoms with Gasteiger partial charge in [-0.25, -0.2) is 4.39 Å². The van der Waals surface area contributed by atoms with Crippen LogP contribution in [0.15, 0.2) is 48.5 Å². The van der Waals surface area contributed by atoms with Crippen LogP contribution in [0, 0.1) is 23.1 Å². The molecule has 0 heterocycles. The minimum Gasteiger partial charge on any atom is -0.376 e. The van der Waals surface area contributed by atoms with E-state index in [0.29, 0.717) is 17.2 Å². The summed E-state index contributed by atoms with van der Waals surface area (Å²) in [5.74, 6) is -0.0851. The van der Waals surface area contributed by atoms with Gasteiger partial charge in [0.05, 0.1) is 23.4 Å². The SMILES string of the molecule is CC(C)C(Nc1ccc(C#N)cc1F)c1ccccc1. The van der Waals surface area contributed by atoms with Crippen molar-refractivity contribution in [1.82, 2.24) is 0 Å². The largest absolute Gasteiger partial charge is 0.376 e. The van der Waals surface area contributed by atoms with Crippen molar-refractivity contribution in [2.45, 2.75) is 19.9 Å². The van der Waals surface area contributed by atoms with E-state index >= 15 is 0 Å². The standard InChI is InChI=1S/C17H17FN2/c1-12(2)17(14-6-4-3-5-7-14)20-16-9-8-13(11-19)10-15(16)18/h3-10,12,17,20H,1-2H3. The van der Waals surface area contributed by atoms with Gasteiger partial charge in [-0.2, -0.15) is 5.26 Å². The maximum absolute atomic E-state index is 14.0. The lowest BCUT2D eigenvalue weighted by atomic mass is 9.95. The predicted octanol–water partition coefficient (Wildman–Crippen LogP) is 4.51. The Labute approximate surface area is 118 Å². The van der Waals surface area contributed by atoms with E-state index in [1.807, 2.05) is 36.4 Å². The van der Waals surface area contributed by atoms with Gasteiger partial charge in [0.2, 0.25) is 0 Å². The number of nitrogens with one attached hydrogen (secondary N) is 1. The molecule has 1 atom stereocenters. The van der Waals surface area contributed by atoms with Gasteiger partial charge >= 0.3 is 0 Å². The molecule has 0 aliphatic rings. The summed E-state index contributed by atoms with van der Waals surface area (Å²) in [6.45, 7) is 4.18. The topological polar surface area (TPSA) is 35.8 Å². The van der Waals surface area contributed by atoms with Gasteiger partial charge in [0, 0.05) is 0 Å². The third-order valence-electron chi connectivity index (χ3n) is 3.23. The second-order valence-corrected chi connectivity index (χ2v) is 5.08. The summed E-state index contributed by atoms with van der Waals surface area (Å²) in [6.07, 6.45) is 0. The summed E-state index contributed by atoms with van der Waals surface area (Å²) in [5.41, 5.74) is 1.87. The Balaban J connectivity index is 2.28. The third-order valence-corrected chi connectivity index (χ3v) is 3.23. The van der Waals surface area contributed by atoms with Crippen molar-refractivity contribution in [1.29, 1.82) is 5.26 Å². The summed E-state index contributed by atoms with van der Waals surface area (Å²) in [4.78, 5) is 0. The number of nitriles is 1. The molecule has 0 bridgehead atoms. The molecule has 0 saturated heterocycles. The molecule has 1 N–H and O–H groups in total. The molecule has 0 spiro atoms. The van der Waals surface area contributed by atoms with Gasteiger partial charge in [-0.05, 0) is 29.7 Å². The zero-order valence-electron chi connectivity index (χ0n) is 11.6. The number of halogens is 1. The number of hydrogen-bond donors (Lipinski definition) is 1. The molecule has 2 aromatic carbocycles. The Morgan fingerprint density at radius 2 is 1.80 bits per heavy atom. The van der Waals surface area contributed by atoms with Crippen molar-refractivity contribution in [2.75, 3.05) is 5.32 Å². The number of hydrogen-bond acceptors (Lipinski definition) is 2. The summed E-state index contributed by atoms with van der Waals surface area (Å²) < 4.78 is 14.0. The van der Waals surface area contributed by atoms with Crippen LogP contribution in [0.5, 0.6) is 0 Å². The molecule has 0 aliphatic heterocycles. The van der Waals surface area contributed by atoms with Gasteiger partial charge in [-0.15, -0.1) is 0 Å². The van der Waals surface area contributed by atoms with Gasteiger partial charge in [0.15, 0.2) is 0 Å². The molecule has 0 radical (unpaired) electrons. The van der Waals surface area contributed by atoms with Gasteiger partial charge in [-0.1, -0.05) is 44.2 Å². The second-order valence-electron chi connectivity index (χ2n) is 5.08. The Kier molecular flexibility index (Phi) is 4.37. The van der Waals surface area contributed by atoms with E-state index in [1.54, 1.807) is 12.1 Å². The highest BCUT2D eigenvalue weighted by molar-refractivity contribution is 5.50. The van der Waals surface area contributed by atoms with Crippen LogP contribution in [0.2, 0.25) is 0 Å². The zero-order chi connectivity index (χ0) is 14.5. The monoisotopic (exact) mass is 268 g/mol. The van der Waals surface area contributed by atoms with E-state index in [0.717, 1.165) is 5.56 Å². The number of benzene rings is 2. The number of nitrogens with zero attached hydrogens (tertiary/aromatic N) is 1.